The zero-order valence-corrected chi connectivity index (χ0v) is 15.8. The molecule has 27 heavy (non-hydrogen) atoms. The van der Waals surface area contributed by atoms with Gasteiger partial charge in [-0.05, 0) is 23.3 Å². The van der Waals surface area contributed by atoms with Crippen LogP contribution in [0.1, 0.15) is 10.4 Å². The maximum Gasteiger partial charge on any atom is 0.258 e. The second-order valence-electron chi connectivity index (χ2n) is 6.83. The molecule has 0 spiro atoms. The van der Waals surface area contributed by atoms with Gasteiger partial charge in [-0.25, -0.2) is 8.42 Å². The van der Waals surface area contributed by atoms with Crippen LogP contribution in [0.25, 0.3) is 11.1 Å². The summed E-state index contributed by atoms with van der Waals surface area (Å²) in [7, 11) is -1.67. The summed E-state index contributed by atoms with van der Waals surface area (Å²) in [6, 6.07) is 14.8. The Bertz CT molecular complexity index is 958. The predicted octanol–water partition coefficient (Wildman–Crippen LogP) is 2.00. The second kappa shape index (κ2) is 6.98. The summed E-state index contributed by atoms with van der Waals surface area (Å²) in [6.07, 6.45) is -0.448. The molecular weight excluding hydrogens is 366 g/mol. The highest BCUT2D eigenvalue weighted by Gasteiger charge is 2.46. The standard InChI is InChI=1S/C20H21NO5S/c1-25-18-8-7-15(14-5-3-2-4-6-14)11-16(18)20(22)21-9-10-26-19-13-27(23,24)12-17(19)21/h2-8,11,17,19H,9-10,12-13H2,1H3. The van der Waals surface area contributed by atoms with Gasteiger partial charge in [0.25, 0.3) is 5.91 Å². The lowest BCUT2D eigenvalue weighted by Crippen LogP contribution is -2.53. The van der Waals surface area contributed by atoms with Gasteiger partial charge >= 0.3 is 0 Å². The number of amides is 1. The van der Waals surface area contributed by atoms with Crippen molar-refractivity contribution >= 4 is 15.7 Å². The topological polar surface area (TPSA) is 72.9 Å². The lowest BCUT2D eigenvalue weighted by molar-refractivity contribution is -0.0362. The molecule has 142 valence electrons. The number of methoxy groups -OCH3 is 1. The molecule has 0 radical (unpaired) electrons. The molecule has 2 unspecified atom stereocenters. The average molecular weight is 387 g/mol. The smallest absolute Gasteiger partial charge is 0.258 e. The molecular formula is C20H21NO5S. The molecule has 2 aliphatic rings. The molecule has 2 atom stereocenters. The van der Waals surface area contributed by atoms with Gasteiger partial charge in [0.2, 0.25) is 0 Å². The number of nitrogens with zero attached hydrogens (tertiary/aromatic N) is 1. The number of sulfone groups is 1. The first-order chi connectivity index (χ1) is 13.0. The number of ether oxygens (including phenoxy) is 2. The molecule has 2 aromatic carbocycles. The first-order valence-electron chi connectivity index (χ1n) is 8.85. The molecule has 2 fully saturated rings. The zero-order valence-electron chi connectivity index (χ0n) is 15.0. The lowest BCUT2D eigenvalue weighted by atomic mass is 10.0. The minimum atomic E-state index is -3.19. The molecule has 2 saturated heterocycles. The highest BCUT2D eigenvalue weighted by Crippen LogP contribution is 2.31. The first-order valence-corrected chi connectivity index (χ1v) is 10.7. The van der Waals surface area contributed by atoms with E-state index in [1.807, 2.05) is 42.5 Å². The average Bonchev–Trinajstić information content (AvgIpc) is 3.01. The maximum absolute atomic E-state index is 13.3. The molecule has 2 aliphatic heterocycles. The number of benzene rings is 2. The maximum atomic E-state index is 13.3. The number of carbonyl (C=O) groups is 1. The van der Waals surface area contributed by atoms with Gasteiger partial charge in [-0.1, -0.05) is 36.4 Å². The number of morpholine rings is 1. The van der Waals surface area contributed by atoms with Crippen LogP contribution in [0.5, 0.6) is 5.75 Å². The summed E-state index contributed by atoms with van der Waals surface area (Å²) < 4.78 is 35.0. The van der Waals surface area contributed by atoms with Gasteiger partial charge in [0.05, 0.1) is 42.9 Å². The minimum absolute atomic E-state index is 0.0252. The van der Waals surface area contributed by atoms with Gasteiger partial charge < -0.3 is 14.4 Å². The lowest BCUT2D eigenvalue weighted by Gasteiger charge is -2.37. The fourth-order valence-corrected chi connectivity index (χ4v) is 5.68. The monoisotopic (exact) mass is 387 g/mol. The van der Waals surface area contributed by atoms with Crippen LogP contribution in [0.4, 0.5) is 0 Å². The quantitative estimate of drug-likeness (QED) is 0.806. The van der Waals surface area contributed by atoms with Crippen LogP contribution in [-0.2, 0) is 14.6 Å². The Hall–Kier alpha value is -2.38. The molecule has 0 saturated carbocycles. The summed E-state index contributed by atoms with van der Waals surface area (Å²) in [5.41, 5.74) is 2.34. The van der Waals surface area contributed by atoms with E-state index in [-0.39, 0.29) is 17.4 Å². The van der Waals surface area contributed by atoms with Gasteiger partial charge in [-0.2, -0.15) is 0 Å². The molecule has 2 aromatic rings. The molecule has 0 N–H and O–H groups in total. The normalized spacial score (nSPS) is 23.7. The van der Waals surface area contributed by atoms with Crippen molar-refractivity contribution in [2.24, 2.45) is 0 Å². The van der Waals surface area contributed by atoms with E-state index in [9.17, 15) is 13.2 Å². The molecule has 4 rings (SSSR count). The third-order valence-corrected chi connectivity index (χ3v) is 6.82. The Balaban J connectivity index is 1.70. The van der Waals surface area contributed by atoms with Crippen LogP contribution in [0.3, 0.4) is 0 Å². The van der Waals surface area contributed by atoms with E-state index in [1.165, 1.54) is 7.11 Å². The summed E-state index contributed by atoms with van der Waals surface area (Å²) in [4.78, 5) is 14.9. The summed E-state index contributed by atoms with van der Waals surface area (Å²) in [5, 5.41) is 0. The summed E-state index contributed by atoms with van der Waals surface area (Å²) >= 11 is 0. The van der Waals surface area contributed by atoms with Crippen molar-refractivity contribution in [3.8, 4) is 16.9 Å². The van der Waals surface area contributed by atoms with E-state index in [1.54, 1.807) is 11.0 Å². The van der Waals surface area contributed by atoms with Crippen LogP contribution < -0.4 is 4.74 Å². The third kappa shape index (κ3) is 3.44. The Morgan fingerprint density at radius 1 is 1.11 bits per heavy atom. The SMILES string of the molecule is COc1ccc(-c2ccccc2)cc1C(=O)N1CCOC2CS(=O)(=O)CC21. The van der Waals surface area contributed by atoms with E-state index < -0.39 is 22.0 Å². The van der Waals surface area contributed by atoms with Gasteiger partial charge in [0.1, 0.15) is 5.75 Å². The number of hydrogen-bond donors (Lipinski definition) is 0. The van der Waals surface area contributed by atoms with E-state index in [0.29, 0.717) is 24.5 Å². The number of carbonyl (C=O) groups excluding carboxylic acids is 1. The van der Waals surface area contributed by atoms with E-state index in [2.05, 4.69) is 0 Å². The van der Waals surface area contributed by atoms with Crippen molar-refractivity contribution in [3.05, 3.63) is 54.1 Å². The Morgan fingerprint density at radius 3 is 2.63 bits per heavy atom. The molecule has 7 heteroatoms. The van der Waals surface area contributed by atoms with Crippen LogP contribution in [0.15, 0.2) is 48.5 Å². The number of fused-ring (bicyclic) bond motifs is 1. The fraction of sp³-hybridized carbons (Fsp3) is 0.350. The van der Waals surface area contributed by atoms with Crippen molar-refractivity contribution in [1.82, 2.24) is 4.90 Å². The molecule has 1 amide bonds. The van der Waals surface area contributed by atoms with Crippen molar-refractivity contribution in [2.75, 3.05) is 31.8 Å². The fourth-order valence-electron chi connectivity index (χ4n) is 3.81. The van der Waals surface area contributed by atoms with E-state index >= 15 is 0 Å². The van der Waals surface area contributed by atoms with Crippen LogP contribution in [0, 0.1) is 0 Å². The van der Waals surface area contributed by atoms with E-state index in [4.69, 9.17) is 9.47 Å². The molecule has 2 heterocycles. The van der Waals surface area contributed by atoms with Gasteiger partial charge in [0, 0.05) is 6.54 Å². The van der Waals surface area contributed by atoms with Crippen molar-refractivity contribution in [1.29, 1.82) is 0 Å². The second-order valence-corrected chi connectivity index (χ2v) is 8.99. The molecule has 0 aromatic heterocycles. The minimum Gasteiger partial charge on any atom is -0.496 e. The highest BCUT2D eigenvalue weighted by atomic mass is 32.2. The van der Waals surface area contributed by atoms with Crippen molar-refractivity contribution in [3.63, 3.8) is 0 Å². The van der Waals surface area contributed by atoms with Gasteiger partial charge in [0.15, 0.2) is 9.84 Å². The number of hydrogen-bond acceptors (Lipinski definition) is 5. The van der Waals surface area contributed by atoms with Crippen LogP contribution in [0.2, 0.25) is 0 Å². The third-order valence-electron chi connectivity index (χ3n) is 5.13. The van der Waals surface area contributed by atoms with Crippen molar-refractivity contribution < 1.29 is 22.7 Å². The van der Waals surface area contributed by atoms with Gasteiger partial charge in [-0.3, -0.25) is 4.79 Å². The van der Waals surface area contributed by atoms with E-state index in [0.717, 1.165) is 11.1 Å². The van der Waals surface area contributed by atoms with Gasteiger partial charge in [-0.15, -0.1) is 0 Å². The zero-order chi connectivity index (χ0) is 19.0. The first kappa shape index (κ1) is 18.0. The summed E-state index contributed by atoms with van der Waals surface area (Å²) in [6.45, 7) is 0.706. The largest absolute Gasteiger partial charge is 0.496 e. The highest BCUT2D eigenvalue weighted by molar-refractivity contribution is 7.91. The Morgan fingerprint density at radius 2 is 1.89 bits per heavy atom. The molecule has 0 bridgehead atoms. The van der Waals surface area contributed by atoms with Crippen LogP contribution >= 0.6 is 0 Å². The molecule has 0 aliphatic carbocycles. The Labute approximate surface area is 158 Å². The summed E-state index contributed by atoms with van der Waals surface area (Å²) in [5.74, 6) is 0.177. The van der Waals surface area contributed by atoms with Crippen LogP contribution in [-0.4, -0.2) is 63.1 Å². The predicted molar refractivity (Wildman–Crippen MR) is 102 cm³/mol. The molecule has 6 nitrogen and oxygen atoms in total. The van der Waals surface area contributed by atoms with Crippen molar-refractivity contribution in [2.45, 2.75) is 12.1 Å². The Kier molecular flexibility index (Phi) is 4.65. The number of rotatable bonds is 3.